The van der Waals surface area contributed by atoms with Crippen molar-refractivity contribution in [3.05, 3.63) is 46.8 Å². The van der Waals surface area contributed by atoms with Gasteiger partial charge in [0.1, 0.15) is 11.4 Å². The minimum Gasteiger partial charge on any atom is -0.465 e. The van der Waals surface area contributed by atoms with E-state index in [4.69, 9.17) is 5.41 Å². The zero-order chi connectivity index (χ0) is 20.2. The summed E-state index contributed by atoms with van der Waals surface area (Å²) in [6, 6.07) is 5.44. The van der Waals surface area contributed by atoms with Crippen molar-refractivity contribution in [2.45, 2.75) is 19.1 Å². The molecule has 27 heavy (non-hydrogen) atoms. The molecule has 0 bridgehead atoms. The smallest absolute Gasteiger partial charge is 0.433 e. The van der Waals surface area contributed by atoms with Gasteiger partial charge in [0.15, 0.2) is 5.71 Å². The molecule has 2 rings (SSSR count). The lowest BCUT2D eigenvalue weighted by molar-refractivity contribution is -0.118. The molecule has 1 aromatic carbocycles. The van der Waals surface area contributed by atoms with Crippen LogP contribution < -0.4 is 16.0 Å². The summed E-state index contributed by atoms with van der Waals surface area (Å²) in [7, 11) is 1.24. The van der Waals surface area contributed by atoms with Gasteiger partial charge in [0.2, 0.25) is 0 Å². The van der Waals surface area contributed by atoms with Crippen LogP contribution >= 0.6 is 0 Å². The summed E-state index contributed by atoms with van der Waals surface area (Å²) in [5, 5.41) is 15.1. The van der Waals surface area contributed by atoms with Gasteiger partial charge in [-0.25, -0.2) is 4.79 Å². The molecular weight excluding hydrogens is 365 g/mol. The van der Waals surface area contributed by atoms with E-state index in [2.05, 4.69) is 20.7 Å². The van der Waals surface area contributed by atoms with Gasteiger partial charge in [-0.1, -0.05) is 12.1 Å². The molecule has 0 radical (unpaired) electrons. The number of methoxy groups -OCH3 is 1. The fraction of sp³-hybridized carbons (Fsp3) is 0.353. The van der Waals surface area contributed by atoms with Crippen LogP contribution in [0.15, 0.2) is 35.7 Å². The number of hydrogen-bond donors (Lipinski definition) is 4. The highest BCUT2D eigenvalue weighted by Crippen LogP contribution is 2.24. The van der Waals surface area contributed by atoms with E-state index in [0.29, 0.717) is 24.2 Å². The van der Waals surface area contributed by atoms with Gasteiger partial charge in [-0.15, -0.1) is 0 Å². The second-order valence-corrected chi connectivity index (χ2v) is 5.79. The maximum Gasteiger partial charge on any atom is 0.433 e. The number of nitrogens with one attached hydrogen (secondary N) is 4. The lowest BCUT2D eigenvalue weighted by Gasteiger charge is -2.19. The predicted molar refractivity (Wildman–Crippen MR) is 91.2 cm³/mol. The average Bonchev–Trinajstić information content (AvgIpc) is 3.14. The number of benzene rings is 1. The van der Waals surface area contributed by atoms with Crippen LogP contribution in [0.3, 0.4) is 0 Å². The largest absolute Gasteiger partial charge is 0.465 e. The van der Waals surface area contributed by atoms with Crippen LogP contribution in [0.5, 0.6) is 0 Å². The second-order valence-electron chi connectivity index (χ2n) is 5.79. The molecule has 4 N–H and O–H groups in total. The summed E-state index contributed by atoms with van der Waals surface area (Å²) in [5.74, 6) is -1.68. The normalized spacial score (nSPS) is 14.6. The lowest BCUT2D eigenvalue weighted by atomic mass is 10.0. The summed E-state index contributed by atoms with van der Waals surface area (Å²) in [4.78, 5) is 23.9. The number of amides is 1. The van der Waals surface area contributed by atoms with Gasteiger partial charge in [0.25, 0.3) is 5.91 Å². The third-order valence-electron chi connectivity index (χ3n) is 3.92. The third-order valence-corrected chi connectivity index (χ3v) is 3.92. The maximum atomic E-state index is 13.0. The first-order chi connectivity index (χ1) is 12.6. The highest BCUT2D eigenvalue weighted by molar-refractivity contribution is 6.23. The van der Waals surface area contributed by atoms with Crippen molar-refractivity contribution >= 4 is 17.6 Å². The number of carbonyl (C=O) groups excluding carboxylic acids is 2. The summed E-state index contributed by atoms with van der Waals surface area (Å²) < 4.78 is 43.6. The summed E-state index contributed by atoms with van der Waals surface area (Å²) in [6.07, 6.45) is -4.96. The summed E-state index contributed by atoms with van der Waals surface area (Å²) >= 11 is 0. The molecule has 1 amide bonds. The highest BCUT2D eigenvalue weighted by atomic mass is 19.4. The zero-order valence-corrected chi connectivity index (χ0v) is 14.7. The SMILES string of the molecule is COC(=O)c1ccc([C@H](C)NC(=O)C(C(=N)C(F)(F)F)=C2NCCN2)cc1. The Balaban J connectivity index is 2.20. The predicted octanol–water partition coefficient (Wildman–Crippen LogP) is 1.64. The maximum absolute atomic E-state index is 13.0. The van der Waals surface area contributed by atoms with Crippen molar-refractivity contribution in [2.24, 2.45) is 0 Å². The number of alkyl halides is 3. The molecule has 1 fully saturated rings. The minimum absolute atomic E-state index is 0.122. The Kier molecular flexibility index (Phi) is 6.09. The van der Waals surface area contributed by atoms with Crippen LogP contribution in [-0.2, 0) is 9.53 Å². The number of ether oxygens (including phenoxy) is 1. The summed E-state index contributed by atoms with van der Waals surface area (Å²) in [6.45, 7) is 2.28. The molecule has 7 nitrogen and oxygen atoms in total. The molecule has 1 atom stereocenters. The van der Waals surface area contributed by atoms with Gasteiger partial charge in [0, 0.05) is 13.1 Å². The molecule has 1 aliphatic rings. The molecule has 0 aromatic heterocycles. The first-order valence-electron chi connectivity index (χ1n) is 8.02. The van der Waals surface area contributed by atoms with E-state index in [0.717, 1.165) is 0 Å². The van der Waals surface area contributed by atoms with E-state index in [-0.39, 0.29) is 5.82 Å². The molecule has 0 spiro atoms. The van der Waals surface area contributed by atoms with Crippen LogP contribution in [0.25, 0.3) is 0 Å². The quantitative estimate of drug-likeness (QED) is 0.351. The Hall–Kier alpha value is -3.04. The second kappa shape index (κ2) is 8.11. The van der Waals surface area contributed by atoms with Gasteiger partial charge in [-0.3, -0.25) is 10.2 Å². The molecule has 1 aromatic rings. The standard InChI is InChI=1S/C17H19F3N4O3/c1-9(10-3-5-11(6-4-10)16(26)27-2)24-15(25)12(13(21)17(18,19)20)14-22-7-8-23-14/h3-6,9,21-23H,7-8H2,1-2H3,(H,24,25)/t9-/m0/s1. The molecule has 1 aliphatic heterocycles. The average molecular weight is 384 g/mol. The fourth-order valence-electron chi connectivity index (χ4n) is 2.49. The van der Waals surface area contributed by atoms with Crippen LogP contribution in [0.2, 0.25) is 0 Å². The number of halogens is 3. The Morgan fingerprint density at radius 3 is 2.22 bits per heavy atom. The summed E-state index contributed by atoms with van der Waals surface area (Å²) in [5.41, 5.74) is -1.64. The van der Waals surface area contributed by atoms with E-state index >= 15 is 0 Å². The van der Waals surface area contributed by atoms with Gasteiger partial charge in [0.05, 0.1) is 18.7 Å². The van der Waals surface area contributed by atoms with E-state index in [1.165, 1.54) is 19.2 Å². The Labute approximate surface area is 153 Å². The molecule has 146 valence electrons. The number of hydrogen-bond acceptors (Lipinski definition) is 6. The van der Waals surface area contributed by atoms with Crippen molar-refractivity contribution in [1.29, 1.82) is 5.41 Å². The number of esters is 1. The monoisotopic (exact) mass is 384 g/mol. The number of carbonyl (C=O) groups is 2. The van der Waals surface area contributed by atoms with Gasteiger partial charge in [-0.2, -0.15) is 13.2 Å². The molecular formula is C17H19F3N4O3. The van der Waals surface area contributed by atoms with Crippen molar-refractivity contribution in [1.82, 2.24) is 16.0 Å². The van der Waals surface area contributed by atoms with Gasteiger partial charge >= 0.3 is 12.1 Å². The van der Waals surface area contributed by atoms with Crippen LogP contribution in [0, 0.1) is 5.41 Å². The molecule has 0 aliphatic carbocycles. The Bertz CT molecular complexity index is 765. The Morgan fingerprint density at radius 2 is 1.74 bits per heavy atom. The van der Waals surface area contributed by atoms with E-state index in [9.17, 15) is 22.8 Å². The van der Waals surface area contributed by atoms with Crippen LogP contribution in [0.4, 0.5) is 13.2 Å². The molecule has 0 saturated carbocycles. The fourth-order valence-corrected chi connectivity index (χ4v) is 2.49. The van der Waals surface area contributed by atoms with Gasteiger partial charge < -0.3 is 20.7 Å². The zero-order valence-electron chi connectivity index (χ0n) is 14.7. The highest BCUT2D eigenvalue weighted by Gasteiger charge is 2.41. The van der Waals surface area contributed by atoms with Gasteiger partial charge in [-0.05, 0) is 24.6 Å². The first-order valence-corrected chi connectivity index (χ1v) is 8.02. The Morgan fingerprint density at radius 1 is 1.19 bits per heavy atom. The van der Waals surface area contributed by atoms with E-state index in [1.54, 1.807) is 19.1 Å². The molecule has 1 heterocycles. The number of rotatable bonds is 5. The molecule has 1 saturated heterocycles. The van der Waals surface area contributed by atoms with Crippen molar-refractivity contribution in [3.8, 4) is 0 Å². The third kappa shape index (κ3) is 4.78. The molecule has 10 heteroatoms. The topological polar surface area (TPSA) is 103 Å². The van der Waals surface area contributed by atoms with Crippen LogP contribution in [-0.4, -0.2) is 44.0 Å². The van der Waals surface area contributed by atoms with Crippen molar-refractivity contribution in [3.63, 3.8) is 0 Å². The molecule has 0 unspecified atom stereocenters. The lowest BCUT2D eigenvalue weighted by Crippen LogP contribution is -2.38. The van der Waals surface area contributed by atoms with Crippen molar-refractivity contribution in [2.75, 3.05) is 20.2 Å². The van der Waals surface area contributed by atoms with E-state index < -0.39 is 35.4 Å². The first kappa shape index (κ1) is 20.3. The van der Waals surface area contributed by atoms with Crippen LogP contribution in [0.1, 0.15) is 28.9 Å². The minimum atomic E-state index is -4.96. The van der Waals surface area contributed by atoms with E-state index in [1.807, 2.05) is 0 Å². The van der Waals surface area contributed by atoms with Crippen molar-refractivity contribution < 1.29 is 27.5 Å².